The average molecular weight is 546 g/mol. The number of fused-ring (bicyclic) bond motifs is 4. The summed E-state index contributed by atoms with van der Waals surface area (Å²) in [5.41, 5.74) is 3.70. The SMILES string of the molecule is CCOC(=O)Cc1cccc([C@H](C)c2cnc3n2CCc2ccc(Oc4c(F)cc5[nH]ccc5c4F)cc2-3)c1F. The van der Waals surface area contributed by atoms with E-state index in [1.54, 1.807) is 43.5 Å². The third-order valence-electron chi connectivity index (χ3n) is 7.39. The number of halogens is 3. The molecule has 0 amide bonds. The number of carbonyl (C=O) groups excluding carboxylic acids is 1. The number of imidazole rings is 1. The molecule has 204 valence electrons. The molecule has 5 aromatic rings. The number of hydrogen-bond donors (Lipinski definition) is 1. The van der Waals surface area contributed by atoms with Crippen LogP contribution in [0.1, 0.15) is 42.1 Å². The first kappa shape index (κ1) is 25.7. The molecule has 0 aliphatic carbocycles. The van der Waals surface area contributed by atoms with Crippen LogP contribution in [0.3, 0.4) is 0 Å². The van der Waals surface area contributed by atoms with Crippen LogP contribution >= 0.6 is 0 Å². The summed E-state index contributed by atoms with van der Waals surface area (Å²) >= 11 is 0. The third-order valence-corrected chi connectivity index (χ3v) is 7.39. The Morgan fingerprint density at radius 1 is 1.12 bits per heavy atom. The van der Waals surface area contributed by atoms with Gasteiger partial charge in [0.25, 0.3) is 0 Å². The van der Waals surface area contributed by atoms with Crippen molar-refractivity contribution >= 4 is 16.9 Å². The smallest absolute Gasteiger partial charge is 0.310 e. The molecule has 1 atom stereocenters. The van der Waals surface area contributed by atoms with Gasteiger partial charge in [-0.05, 0) is 48.2 Å². The van der Waals surface area contributed by atoms with E-state index in [0.29, 0.717) is 29.9 Å². The maximum Gasteiger partial charge on any atom is 0.310 e. The number of aromatic amines is 1. The van der Waals surface area contributed by atoms with Gasteiger partial charge in [-0.15, -0.1) is 0 Å². The highest BCUT2D eigenvalue weighted by Gasteiger charge is 2.26. The zero-order chi connectivity index (χ0) is 28.0. The van der Waals surface area contributed by atoms with E-state index >= 15 is 4.39 Å². The van der Waals surface area contributed by atoms with E-state index in [-0.39, 0.29) is 35.6 Å². The van der Waals surface area contributed by atoms with Crippen molar-refractivity contribution in [2.45, 2.75) is 39.2 Å². The number of nitrogens with one attached hydrogen (secondary N) is 1. The van der Waals surface area contributed by atoms with E-state index in [0.717, 1.165) is 16.8 Å². The first-order valence-corrected chi connectivity index (χ1v) is 13.1. The van der Waals surface area contributed by atoms with Crippen molar-refractivity contribution in [1.29, 1.82) is 0 Å². The minimum Gasteiger partial charge on any atom is -0.466 e. The van der Waals surface area contributed by atoms with Crippen LogP contribution in [0.15, 0.2) is 60.9 Å². The summed E-state index contributed by atoms with van der Waals surface area (Å²) in [6.07, 6.45) is 3.82. The van der Waals surface area contributed by atoms with Crippen molar-refractivity contribution in [2.24, 2.45) is 0 Å². The second-order valence-corrected chi connectivity index (χ2v) is 9.79. The first-order chi connectivity index (χ1) is 19.4. The van der Waals surface area contributed by atoms with Crippen molar-refractivity contribution in [3.05, 3.63) is 101 Å². The second-order valence-electron chi connectivity index (χ2n) is 9.79. The Hall–Kier alpha value is -4.53. The van der Waals surface area contributed by atoms with Gasteiger partial charge in [-0.25, -0.2) is 18.2 Å². The van der Waals surface area contributed by atoms with Crippen LogP contribution in [0.4, 0.5) is 13.2 Å². The van der Waals surface area contributed by atoms with Gasteiger partial charge in [-0.1, -0.05) is 31.2 Å². The molecule has 0 bridgehead atoms. The van der Waals surface area contributed by atoms with Crippen molar-refractivity contribution in [2.75, 3.05) is 6.61 Å². The topological polar surface area (TPSA) is 69.1 Å². The molecule has 2 aromatic heterocycles. The Bertz CT molecular complexity index is 1760. The minimum absolute atomic E-state index is 0.140. The van der Waals surface area contributed by atoms with Crippen LogP contribution in [0.25, 0.3) is 22.3 Å². The number of carbonyl (C=O) groups is 1. The molecule has 1 N–H and O–H groups in total. The maximum absolute atomic E-state index is 15.5. The van der Waals surface area contributed by atoms with Gasteiger partial charge < -0.3 is 19.0 Å². The predicted molar refractivity (Wildman–Crippen MR) is 144 cm³/mol. The quantitative estimate of drug-likeness (QED) is 0.223. The van der Waals surface area contributed by atoms with Gasteiger partial charge in [-0.3, -0.25) is 4.79 Å². The summed E-state index contributed by atoms with van der Waals surface area (Å²) in [7, 11) is 0. The van der Waals surface area contributed by atoms with Gasteiger partial charge in [0.15, 0.2) is 17.4 Å². The molecule has 0 saturated heterocycles. The molecular weight excluding hydrogens is 519 g/mol. The number of esters is 1. The summed E-state index contributed by atoms with van der Waals surface area (Å²) in [6.45, 7) is 4.48. The Kier molecular flexibility index (Phi) is 6.57. The maximum atomic E-state index is 15.5. The summed E-state index contributed by atoms with van der Waals surface area (Å²) in [6, 6.07) is 13.0. The van der Waals surface area contributed by atoms with Gasteiger partial charge in [0, 0.05) is 47.6 Å². The van der Waals surface area contributed by atoms with E-state index in [4.69, 9.17) is 9.47 Å². The third kappa shape index (κ3) is 4.41. The van der Waals surface area contributed by atoms with E-state index in [1.807, 2.05) is 17.6 Å². The Morgan fingerprint density at radius 3 is 2.80 bits per heavy atom. The Labute approximate surface area is 228 Å². The van der Waals surface area contributed by atoms with Crippen molar-refractivity contribution in [3.63, 3.8) is 0 Å². The Balaban J connectivity index is 1.32. The zero-order valence-electron chi connectivity index (χ0n) is 21.9. The number of hydrogen-bond acceptors (Lipinski definition) is 4. The number of nitrogens with zero attached hydrogens (tertiary/aromatic N) is 2. The molecule has 0 radical (unpaired) electrons. The van der Waals surface area contributed by atoms with Crippen LogP contribution in [0.2, 0.25) is 0 Å². The molecule has 1 aliphatic rings. The van der Waals surface area contributed by atoms with Gasteiger partial charge in [0.05, 0.1) is 18.5 Å². The number of H-pyrrole nitrogens is 1. The lowest BCUT2D eigenvalue weighted by Gasteiger charge is -2.23. The number of aryl methyl sites for hydroxylation is 1. The molecule has 0 fully saturated rings. The van der Waals surface area contributed by atoms with Crippen LogP contribution in [0, 0.1) is 17.5 Å². The van der Waals surface area contributed by atoms with Gasteiger partial charge in [0.1, 0.15) is 17.4 Å². The molecule has 0 unspecified atom stereocenters. The molecule has 6 rings (SSSR count). The predicted octanol–water partition coefficient (Wildman–Crippen LogP) is 7.05. The highest BCUT2D eigenvalue weighted by atomic mass is 19.1. The summed E-state index contributed by atoms with van der Waals surface area (Å²) in [5.74, 6) is -2.38. The van der Waals surface area contributed by atoms with Crippen molar-refractivity contribution in [3.8, 4) is 22.9 Å². The van der Waals surface area contributed by atoms with Crippen LogP contribution in [0.5, 0.6) is 11.5 Å². The fourth-order valence-corrected chi connectivity index (χ4v) is 5.38. The molecule has 1 aliphatic heterocycles. The van der Waals surface area contributed by atoms with Gasteiger partial charge in [-0.2, -0.15) is 0 Å². The number of benzene rings is 3. The van der Waals surface area contributed by atoms with Crippen molar-refractivity contribution in [1.82, 2.24) is 14.5 Å². The Morgan fingerprint density at radius 2 is 1.98 bits per heavy atom. The van der Waals surface area contributed by atoms with E-state index in [1.165, 1.54) is 18.3 Å². The molecule has 40 heavy (non-hydrogen) atoms. The summed E-state index contributed by atoms with van der Waals surface area (Å²) < 4.78 is 57.9. The molecule has 9 heteroatoms. The number of aromatic nitrogens is 3. The summed E-state index contributed by atoms with van der Waals surface area (Å²) in [5, 5.41) is 0.238. The highest BCUT2D eigenvalue weighted by molar-refractivity contribution is 5.82. The van der Waals surface area contributed by atoms with E-state index in [2.05, 4.69) is 9.97 Å². The van der Waals surface area contributed by atoms with E-state index < -0.39 is 29.2 Å². The fraction of sp³-hybridized carbons (Fsp3) is 0.226. The van der Waals surface area contributed by atoms with Crippen LogP contribution in [-0.4, -0.2) is 27.1 Å². The molecule has 6 nitrogen and oxygen atoms in total. The van der Waals surface area contributed by atoms with Crippen molar-refractivity contribution < 1.29 is 27.4 Å². The monoisotopic (exact) mass is 545 g/mol. The lowest BCUT2D eigenvalue weighted by Crippen LogP contribution is -2.16. The van der Waals surface area contributed by atoms with E-state index in [9.17, 15) is 13.6 Å². The highest BCUT2D eigenvalue weighted by Crippen LogP contribution is 2.39. The average Bonchev–Trinajstić information content (AvgIpc) is 3.59. The molecular formula is C31H26F3N3O3. The largest absolute Gasteiger partial charge is 0.466 e. The lowest BCUT2D eigenvalue weighted by molar-refractivity contribution is -0.142. The molecule has 3 heterocycles. The van der Waals surface area contributed by atoms with Gasteiger partial charge in [0.2, 0.25) is 0 Å². The van der Waals surface area contributed by atoms with Crippen LogP contribution in [-0.2, 0) is 28.9 Å². The number of ether oxygens (including phenoxy) is 2. The standard InChI is InChI=1S/C31H26F3N3O3/c1-3-39-27(38)13-19-5-4-6-21(28(19)33)17(2)26-16-36-31-23-14-20(8-7-18(23)10-12-37(26)31)40-30-24(32)15-25-22(29(30)34)9-11-35-25/h4-9,11,14-17,35H,3,10,12-13H2,1-2H3/t17-/m0/s1. The molecule has 0 spiro atoms. The van der Waals surface area contributed by atoms with Crippen LogP contribution < -0.4 is 4.74 Å². The first-order valence-electron chi connectivity index (χ1n) is 13.1. The summed E-state index contributed by atoms with van der Waals surface area (Å²) in [4.78, 5) is 19.4. The minimum atomic E-state index is -0.810. The lowest BCUT2D eigenvalue weighted by atomic mass is 9.94. The number of rotatable bonds is 7. The second kappa shape index (κ2) is 10.2. The molecule has 0 saturated carbocycles. The molecule has 3 aromatic carbocycles. The fourth-order valence-electron chi connectivity index (χ4n) is 5.38. The normalized spacial score (nSPS) is 13.1. The zero-order valence-corrected chi connectivity index (χ0v) is 21.9. The van der Waals surface area contributed by atoms with Gasteiger partial charge >= 0.3 is 5.97 Å².